The lowest BCUT2D eigenvalue weighted by atomic mass is 10.2. The van der Waals surface area contributed by atoms with Crippen molar-refractivity contribution in [3.05, 3.63) is 0 Å². The van der Waals surface area contributed by atoms with Gasteiger partial charge in [-0.2, -0.15) is 0 Å². The lowest BCUT2D eigenvalue weighted by Crippen LogP contribution is -2.46. The molecule has 0 aromatic heterocycles. The molecule has 5 nitrogen and oxygen atoms in total. The number of hydrogen-bond acceptors (Lipinski definition) is 3. The van der Waals surface area contributed by atoms with Gasteiger partial charge in [0.2, 0.25) is 5.96 Å². The molecule has 0 aromatic rings. The maximum absolute atomic E-state index is 5.54. The van der Waals surface area contributed by atoms with Gasteiger partial charge in [0.15, 0.2) is 0 Å². The average molecular weight is 228 g/mol. The van der Waals surface area contributed by atoms with Crippen LogP contribution in [0.1, 0.15) is 32.6 Å². The molecule has 1 aliphatic heterocycles. The van der Waals surface area contributed by atoms with E-state index in [4.69, 9.17) is 10.6 Å². The summed E-state index contributed by atoms with van der Waals surface area (Å²) in [6.45, 7) is 4.74. The molecule has 16 heavy (non-hydrogen) atoms. The molecule has 1 heterocycles. The van der Waals surface area contributed by atoms with Gasteiger partial charge >= 0.3 is 0 Å². The minimum absolute atomic E-state index is 0.138. The van der Waals surface area contributed by atoms with Crippen LogP contribution in [-0.2, 0) is 4.74 Å². The van der Waals surface area contributed by atoms with Crippen LogP contribution >= 0.6 is 0 Å². The van der Waals surface area contributed by atoms with Gasteiger partial charge < -0.3 is 9.64 Å². The molecule has 0 aliphatic carbocycles. The van der Waals surface area contributed by atoms with Gasteiger partial charge in [-0.3, -0.25) is 5.43 Å². The van der Waals surface area contributed by atoms with Gasteiger partial charge in [0.05, 0.1) is 12.6 Å². The first kappa shape index (κ1) is 13.3. The fourth-order valence-corrected chi connectivity index (χ4v) is 1.98. The Labute approximate surface area is 98.0 Å². The van der Waals surface area contributed by atoms with E-state index in [1.54, 1.807) is 7.11 Å². The molecule has 0 aromatic carbocycles. The quantitative estimate of drug-likeness (QED) is 0.323. The van der Waals surface area contributed by atoms with Gasteiger partial charge in [0.1, 0.15) is 0 Å². The van der Waals surface area contributed by atoms with Crippen molar-refractivity contribution in [1.29, 1.82) is 0 Å². The zero-order valence-corrected chi connectivity index (χ0v) is 10.4. The zero-order chi connectivity index (χ0) is 11.8. The number of nitrogens with zero attached hydrogens (tertiary/aromatic N) is 2. The predicted octanol–water partition coefficient (Wildman–Crippen LogP) is 0.717. The Kier molecular flexibility index (Phi) is 6.18. The van der Waals surface area contributed by atoms with Crippen LogP contribution in [0.25, 0.3) is 0 Å². The second-order valence-electron chi connectivity index (χ2n) is 4.30. The zero-order valence-electron chi connectivity index (χ0n) is 10.4. The maximum Gasteiger partial charge on any atom is 0.208 e. The van der Waals surface area contributed by atoms with Crippen LogP contribution in [0.15, 0.2) is 4.99 Å². The Balaban J connectivity index is 2.56. The number of hydrazine groups is 1. The number of likely N-dealkylation sites (tertiary alicyclic amines) is 1. The summed E-state index contributed by atoms with van der Waals surface area (Å²) in [5, 5.41) is 0. The van der Waals surface area contributed by atoms with E-state index in [1.807, 2.05) is 6.92 Å². The highest BCUT2D eigenvalue weighted by atomic mass is 16.5. The van der Waals surface area contributed by atoms with Gasteiger partial charge in [-0.1, -0.05) is 12.8 Å². The minimum atomic E-state index is 0.138. The van der Waals surface area contributed by atoms with Crippen LogP contribution < -0.4 is 11.3 Å². The third-order valence-corrected chi connectivity index (χ3v) is 2.79. The van der Waals surface area contributed by atoms with Crippen molar-refractivity contribution in [2.45, 2.75) is 38.6 Å². The maximum atomic E-state index is 5.54. The molecule has 5 heteroatoms. The van der Waals surface area contributed by atoms with Crippen molar-refractivity contribution in [2.75, 3.05) is 26.8 Å². The van der Waals surface area contributed by atoms with Crippen LogP contribution in [0.5, 0.6) is 0 Å². The van der Waals surface area contributed by atoms with Gasteiger partial charge in [0, 0.05) is 20.2 Å². The summed E-state index contributed by atoms with van der Waals surface area (Å²) in [6, 6.07) is 0.138. The van der Waals surface area contributed by atoms with Crippen LogP contribution in [0, 0.1) is 0 Å². The van der Waals surface area contributed by atoms with Crippen molar-refractivity contribution < 1.29 is 4.74 Å². The van der Waals surface area contributed by atoms with Crippen molar-refractivity contribution >= 4 is 5.96 Å². The van der Waals surface area contributed by atoms with Gasteiger partial charge in [-0.25, -0.2) is 10.8 Å². The van der Waals surface area contributed by atoms with Crippen LogP contribution in [0.4, 0.5) is 0 Å². The van der Waals surface area contributed by atoms with Gasteiger partial charge in [-0.05, 0) is 19.8 Å². The largest absolute Gasteiger partial charge is 0.382 e. The molecule has 1 rings (SSSR count). The number of nitrogens with one attached hydrogen (secondary N) is 1. The SMILES string of the molecule is COCC(C)N=C(NN)N1CCCCCC1. The number of guanidine groups is 1. The summed E-state index contributed by atoms with van der Waals surface area (Å²) in [5.41, 5.74) is 2.71. The highest BCUT2D eigenvalue weighted by Gasteiger charge is 2.13. The van der Waals surface area contributed by atoms with E-state index in [0.717, 1.165) is 19.0 Å². The molecule has 0 saturated carbocycles. The fraction of sp³-hybridized carbons (Fsp3) is 0.909. The molecule has 1 unspecified atom stereocenters. The molecule has 0 spiro atoms. The van der Waals surface area contributed by atoms with Gasteiger partial charge in [-0.15, -0.1) is 0 Å². The summed E-state index contributed by atoms with van der Waals surface area (Å²) in [6.07, 6.45) is 5.06. The number of ether oxygens (including phenoxy) is 1. The molecule has 0 amide bonds. The molecule has 3 N–H and O–H groups in total. The molecule has 0 radical (unpaired) electrons. The summed E-state index contributed by atoms with van der Waals surface area (Å²) in [7, 11) is 1.69. The average Bonchev–Trinajstić information content (AvgIpc) is 2.55. The smallest absolute Gasteiger partial charge is 0.208 e. The standard InChI is InChI=1S/C11H24N4O/c1-10(9-16-2)13-11(14-12)15-7-5-3-4-6-8-15/h10H,3-9,12H2,1-2H3,(H,13,14). The van der Waals surface area contributed by atoms with Crippen molar-refractivity contribution in [3.8, 4) is 0 Å². The first-order valence-electron chi connectivity index (χ1n) is 6.06. The second kappa shape index (κ2) is 7.46. The predicted molar refractivity (Wildman–Crippen MR) is 66.1 cm³/mol. The molecule has 1 fully saturated rings. The van der Waals surface area contributed by atoms with E-state index < -0.39 is 0 Å². The van der Waals surface area contributed by atoms with Crippen LogP contribution in [0.3, 0.4) is 0 Å². The number of nitrogens with two attached hydrogens (primary N) is 1. The molecule has 0 bridgehead atoms. The lowest BCUT2D eigenvalue weighted by Gasteiger charge is -2.24. The second-order valence-corrected chi connectivity index (χ2v) is 4.30. The summed E-state index contributed by atoms with van der Waals surface area (Å²) < 4.78 is 5.07. The van der Waals surface area contributed by atoms with Crippen molar-refractivity contribution in [3.63, 3.8) is 0 Å². The van der Waals surface area contributed by atoms with Crippen LogP contribution in [-0.4, -0.2) is 43.7 Å². The Morgan fingerprint density at radius 2 is 2.00 bits per heavy atom. The molecule has 94 valence electrons. The summed E-state index contributed by atoms with van der Waals surface area (Å²) in [4.78, 5) is 6.77. The Morgan fingerprint density at radius 1 is 1.38 bits per heavy atom. The summed E-state index contributed by atoms with van der Waals surface area (Å²) >= 11 is 0. The topological polar surface area (TPSA) is 62.9 Å². The number of methoxy groups -OCH3 is 1. The number of hydrogen-bond donors (Lipinski definition) is 2. The highest BCUT2D eigenvalue weighted by Crippen LogP contribution is 2.09. The fourth-order valence-electron chi connectivity index (χ4n) is 1.98. The van der Waals surface area contributed by atoms with Crippen molar-refractivity contribution in [2.24, 2.45) is 10.8 Å². The van der Waals surface area contributed by atoms with E-state index >= 15 is 0 Å². The third-order valence-electron chi connectivity index (χ3n) is 2.79. The number of aliphatic imine (C=N–C) groups is 1. The van der Waals surface area contributed by atoms with E-state index in [9.17, 15) is 0 Å². The van der Waals surface area contributed by atoms with E-state index in [2.05, 4.69) is 15.3 Å². The first-order valence-corrected chi connectivity index (χ1v) is 6.06. The van der Waals surface area contributed by atoms with Crippen molar-refractivity contribution in [1.82, 2.24) is 10.3 Å². The molecule has 1 aliphatic rings. The normalized spacial score (nSPS) is 20.4. The van der Waals surface area contributed by atoms with E-state index in [-0.39, 0.29) is 6.04 Å². The Morgan fingerprint density at radius 3 is 2.50 bits per heavy atom. The molecular formula is C11H24N4O. The van der Waals surface area contributed by atoms with Gasteiger partial charge in [0.25, 0.3) is 0 Å². The lowest BCUT2D eigenvalue weighted by molar-refractivity contribution is 0.185. The Hall–Kier alpha value is -0.810. The Bertz CT molecular complexity index is 212. The van der Waals surface area contributed by atoms with Crippen LogP contribution in [0.2, 0.25) is 0 Å². The molecular weight excluding hydrogens is 204 g/mol. The van der Waals surface area contributed by atoms with E-state index in [1.165, 1.54) is 25.7 Å². The number of rotatable bonds is 3. The minimum Gasteiger partial charge on any atom is -0.382 e. The first-order chi connectivity index (χ1) is 7.77. The monoisotopic (exact) mass is 228 g/mol. The molecule has 1 saturated heterocycles. The van der Waals surface area contributed by atoms with E-state index in [0.29, 0.717) is 6.61 Å². The third kappa shape index (κ3) is 4.37. The highest BCUT2D eigenvalue weighted by molar-refractivity contribution is 5.79. The molecule has 1 atom stereocenters. The summed E-state index contributed by atoms with van der Waals surface area (Å²) in [5.74, 6) is 6.33.